The normalized spacial score (nSPS) is 11.5. The zero-order valence-electron chi connectivity index (χ0n) is 7.81. The molecule has 13 heavy (non-hydrogen) atoms. The van der Waals surface area contributed by atoms with E-state index in [2.05, 4.69) is 36.4 Å². The van der Waals surface area contributed by atoms with Crippen LogP contribution in [0.5, 0.6) is 0 Å². The first kappa shape index (κ1) is 10.1. The lowest BCUT2D eigenvalue weighted by atomic mass is 10.4. The smallest absolute Gasteiger partial charge is 0.0163 e. The van der Waals surface area contributed by atoms with Crippen LogP contribution in [0, 0.1) is 0 Å². The van der Waals surface area contributed by atoms with E-state index in [1.165, 1.54) is 4.90 Å². The standard InChI is InChI=1S/C12H14S/c1-2-3-4-8-11-13-12-9-6-5-7-10-12/h2-10H,11H2,1H3/b3-2-,8-4-. The quantitative estimate of drug-likeness (QED) is 0.512. The summed E-state index contributed by atoms with van der Waals surface area (Å²) in [5.41, 5.74) is 0. The van der Waals surface area contributed by atoms with Crippen LogP contribution < -0.4 is 0 Å². The summed E-state index contributed by atoms with van der Waals surface area (Å²) in [5.74, 6) is 1.04. The molecule has 0 aliphatic heterocycles. The van der Waals surface area contributed by atoms with Crippen molar-refractivity contribution in [1.82, 2.24) is 0 Å². The molecule has 0 saturated carbocycles. The van der Waals surface area contributed by atoms with Crippen molar-refractivity contribution in [2.24, 2.45) is 0 Å². The molecule has 0 amide bonds. The maximum absolute atomic E-state index is 2.16. The van der Waals surface area contributed by atoms with Gasteiger partial charge in [0, 0.05) is 10.6 Å². The van der Waals surface area contributed by atoms with Crippen LogP contribution in [0.1, 0.15) is 6.92 Å². The summed E-state index contributed by atoms with van der Waals surface area (Å²) in [6.07, 6.45) is 8.32. The lowest BCUT2D eigenvalue weighted by molar-refractivity contribution is 1.46. The number of benzene rings is 1. The third-order valence-corrected chi connectivity index (χ3v) is 2.49. The fourth-order valence-corrected chi connectivity index (χ4v) is 1.66. The Balaban J connectivity index is 2.28. The van der Waals surface area contributed by atoms with Gasteiger partial charge in [0.2, 0.25) is 0 Å². The average Bonchev–Trinajstić information content (AvgIpc) is 2.19. The highest BCUT2D eigenvalue weighted by Crippen LogP contribution is 2.16. The van der Waals surface area contributed by atoms with Crippen molar-refractivity contribution >= 4 is 11.8 Å². The Morgan fingerprint density at radius 3 is 2.62 bits per heavy atom. The molecule has 0 fully saturated rings. The molecule has 0 aliphatic rings. The second-order valence-corrected chi connectivity index (χ2v) is 3.67. The summed E-state index contributed by atoms with van der Waals surface area (Å²) >= 11 is 1.85. The molecule has 0 unspecified atom stereocenters. The van der Waals surface area contributed by atoms with Gasteiger partial charge in [0.1, 0.15) is 0 Å². The molecule has 1 aromatic carbocycles. The van der Waals surface area contributed by atoms with Crippen LogP contribution in [0.3, 0.4) is 0 Å². The van der Waals surface area contributed by atoms with E-state index in [-0.39, 0.29) is 0 Å². The van der Waals surface area contributed by atoms with Crippen molar-refractivity contribution in [2.45, 2.75) is 11.8 Å². The van der Waals surface area contributed by atoms with Gasteiger partial charge in [-0.2, -0.15) is 0 Å². The number of hydrogen-bond donors (Lipinski definition) is 0. The van der Waals surface area contributed by atoms with Crippen LogP contribution in [0.25, 0.3) is 0 Å². The second-order valence-electron chi connectivity index (χ2n) is 2.58. The molecule has 68 valence electrons. The van der Waals surface area contributed by atoms with Crippen molar-refractivity contribution in [1.29, 1.82) is 0 Å². The predicted octanol–water partition coefficient (Wildman–Crippen LogP) is 3.91. The lowest BCUT2D eigenvalue weighted by Crippen LogP contribution is -1.71. The van der Waals surface area contributed by atoms with Gasteiger partial charge in [-0.15, -0.1) is 11.8 Å². The Labute approximate surface area is 84.4 Å². The van der Waals surface area contributed by atoms with E-state index < -0.39 is 0 Å². The van der Waals surface area contributed by atoms with Gasteiger partial charge in [-0.25, -0.2) is 0 Å². The molecular formula is C12H14S. The summed E-state index contributed by atoms with van der Waals surface area (Å²) in [6.45, 7) is 2.02. The molecule has 0 aliphatic carbocycles. The third-order valence-electron chi connectivity index (χ3n) is 1.53. The molecule has 0 nitrogen and oxygen atoms in total. The maximum Gasteiger partial charge on any atom is 0.0163 e. The first-order chi connectivity index (χ1) is 6.43. The molecule has 0 bridgehead atoms. The van der Waals surface area contributed by atoms with Crippen molar-refractivity contribution in [3.63, 3.8) is 0 Å². The van der Waals surface area contributed by atoms with Crippen LogP contribution in [-0.2, 0) is 0 Å². The first-order valence-electron chi connectivity index (χ1n) is 4.39. The fraction of sp³-hybridized carbons (Fsp3) is 0.167. The molecular weight excluding hydrogens is 176 g/mol. The molecule has 0 saturated heterocycles. The molecule has 0 heterocycles. The highest BCUT2D eigenvalue weighted by Gasteiger charge is 1.87. The zero-order chi connectivity index (χ0) is 9.36. The number of rotatable bonds is 4. The largest absolute Gasteiger partial charge is 0.122 e. The van der Waals surface area contributed by atoms with E-state index in [0.29, 0.717) is 0 Å². The molecule has 0 radical (unpaired) electrons. The summed E-state index contributed by atoms with van der Waals surface area (Å²) in [6, 6.07) is 10.4. The van der Waals surface area contributed by atoms with Crippen LogP contribution in [0.15, 0.2) is 59.5 Å². The van der Waals surface area contributed by atoms with Gasteiger partial charge < -0.3 is 0 Å². The van der Waals surface area contributed by atoms with E-state index in [1.54, 1.807) is 0 Å². The van der Waals surface area contributed by atoms with E-state index in [1.807, 2.05) is 36.9 Å². The summed E-state index contributed by atoms with van der Waals surface area (Å²) < 4.78 is 0. The average molecular weight is 190 g/mol. The van der Waals surface area contributed by atoms with E-state index in [9.17, 15) is 0 Å². The molecule has 0 N–H and O–H groups in total. The van der Waals surface area contributed by atoms with E-state index in [4.69, 9.17) is 0 Å². The van der Waals surface area contributed by atoms with Gasteiger partial charge >= 0.3 is 0 Å². The lowest BCUT2D eigenvalue weighted by Gasteiger charge is -1.95. The van der Waals surface area contributed by atoms with Crippen LogP contribution >= 0.6 is 11.8 Å². The highest BCUT2D eigenvalue weighted by atomic mass is 32.2. The topological polar surface area (TPSA) is 0 Å². The number of allylic oxidation sites excluding steroid dienone is 3. The zero-order valence-corrected chi connectivity index (χ0v) is 8.63. The third kappa shape index (κ3) is 4.58. The minimum Gasteiger partial charge on any atom is -0.122 e. The molecule has 0 aromatic heterocycles. The van der Waals surface area contributed by atoms with Crippen LogP contribution in [-0.4, -0.2) is 5.75 Å². The Kier molecular flexibility index (Phi) is 5.11. The van der Waals surface area contributed by atoms with Gasteiger partial charge in [0.05, 0.1) is 0 Å². The number of hydrogen-bond acceptors (Lipinski definition) is 1. The molecule has 1 aromatic rings. The van der Waals surface area contributed by atoms with Crippen molar-refractivity contribution in [3.05, 3.63) is 54.6 Å². The summed E-state index contributed by atoms with van der Waals surface area (Å²) in [4.78, 5) is 1.33. The maximum atomic E-state index is 2.16. The van der Waals surface area contributed by atoms with Gasteiger partial charge in [-0.05, 0) is 19.1 Å². The minimum atomic E-state index is 1.04. The fourth-order valence-electron chi connectivity index (χ4n) is 0.906. The minimum absolute atomic E-state index is 1.04. The summed E-state index contributed by atoms with van der Waals surface area (Å²) in [5, 5.41) is 0. The monoisotopic (exact) mass is 190 g/mol. The summed E-state index contributed by atoms with van der Waals surface area (Å²) in [7, 11) is 0. The van der Waals surface area contributed by atoms with Gasteiger partial charge in [0.25, 0.3) is 0 Å². The van der Waals surface area contributed by atoms with E-state index in [0.717, 1.165) is 5.75 Å². The Morgan fingerprint density at radius 1 is 1.15 bits per heavy atom. The van der Waals surface area contributed by atoms with Crippen molar-refractivity contribution in [3.8, 4) is 0 Å². The van der Waals surface area contributed by atoms with Crippen LogP contribution in [0.2, 0.25) is 0 Å². The second kappa shape index (κ2) is 6.55. The van der Waals surface area contributed by atoms with Crippen molar-refractivity contribution in [2.75, 3.05) is 5.75 Å². The van der Waals surface area contributed by atoms with Crippen molar-refractivity contribution < 1.29 is 0 Å². The predicted molar refractivity (Wildman–Crippen MR) is 61.1 cm³/mol. The molecule has 1 heteroatoms. The number of thioether (sulfide) groups is 1. The SMILES string of the molecule is C/C=C\C=C/CSc1ccccc1. The van der Waals surface area contributed by atoms with Crippen LogP contribution in [0.4, 0.5) is 0 Å². The van der Waals surface area contributed by atoms with Gasteiger partial charge in [-0.3, -0.25) is 0 Å². The Bertz CT molecular complexity index is 272. The molecule has 1 rings (SSSR count). The first-order valence-corrected chi connectivity index (χ1v) is 5.37. The molecule has 0 spiro atoms. The molecule has 0 atom stereocenters. The highest BCUT2D eigenvalue weighted by molar-refractivity contribution is 7.99. The Hall–Kier alpha value is -0.950. The van der Waals surface area contributed by atoms with E-state index >= 15 is 0 Å². The Morgan fingerprint density at radius 2 is 1.92 bits per heavy atom. The van der Waals surface area contributed by atoms with Gasteiger partial charge in [0.15, 0.2) is 0 Å². The van der Waals surface area contributed by atoms with Gasteiger partial charge in [-0.1, -0.05) is 42.5 Å².